The molecule has 1 saturated heterocycles. The first-order valence-corrected chi connectivity index (χ1v) is 13.3. The van der Waals surface area contributed by atoms with Gasteiger partial charge in [0.2, 0.25) is 5.91 Å². The van der Waals surface area contributed by atoms with E-state index in [1.54, 1.807) is 25.3 Å². The second-order valence-corrected chi connectivity index (χ2v) is 11.3. The van der Waals surface area contributed by atoms with Gasteiger partial charge in [0.1, 0.15) is 5.75 Å². The van der Waals surface area contributed by atoms with Gasteiger partial charge in [-0.1, -0.05) is 24.6 Å². The minimum absolute atomic E-state index is 0.0998. The van der Waals surface area contributed by atoms with Crippen molar-refractivity contribution in [3.63, 3.8) is 0 Å². The molecule has 10 heteroatoms. The van der Waals surface area contributed by atoms with E-state index in [-0.39, 0.29) is 23.6 Å². The molecule has 1 amide bonds. The van der Waals surface area contributed by atoms with Crippen LogP contribution in [0.15, 0.2) is 46.1 Å². The topological polar surface area (TPSA) is 123 Å². The van der Waals surface area contributed by atoms with Crippen molar-refractivity contribution in [1.29, 1.82) is 0 Å². The summed E-state index contributed by atoms with van der Waals surface area (Å²) >= 11 is 0. The van der Waals surface area contributed by atoms with Gasteiger partial charge in [-0.05, 0) is 51.3 Å². The van der Waals surface area contributed by atoms with Crippen LogP contribution >= 0.6 is 0 Å². The minimum Gasteiger partial charge on any atom is -0.501 e. The molecule has 2 heterocycles. The zero-order chi connectivity index (χ0) is 25.4. The van der Waals surface area contributed by atoms with Crippen LogP contribution in [0.4, 0.5) is 5.69 Å². The lowest BCUT2D eigenvalue weighted by molar-refractivity contribution is -0.140. The number of carbonyl (C=O) groups excluding carboxylic acids is 1. The van der Waals surface area contributed by atoms with Crippen molar-refractivity contribution in [1.82, 2.24) is 4.90 Å². The summed E-state index contributed by atoms with van der Waals surface area (Å²) in [5, 5.41) is 0. The molecule has 1 unspecified atom stereocenters. The maximum atomic E-state index is 13.6. The average molecular weight is 503 g/mol. The molecule has 2 aliphatic heterocycles. The van der Waals surface area contributed by atoms with Crippen LogP contribution in [0.25, 0.3) is 0 Å². The smallest absolute Gasteiger partial charge is 0.344 e. The Hall–Kier alpha value is -3.01. The maximum absolute atomic E-state index is 13.6. The molecule has 1 aliphatic carbocycles. The number of nitrogens with one attached hydrogen (secondary N) is 1. The lowest BCUT2D eigenvalue weighted by Gasteiger charge is -2.39. The number of anilines is 1. The van der Waals surface area contributed by atoms with Gasteiger partial charge in [0.15, 0.2) is 5.84 Å². The normalized spacial score (nSPS) is 23.8. The Morgan fingerprint density at radius 3 is 2.80 bits per heavy atom. The molecule has 0 spiro atoms. The number of amides is 1. The summed E-state index contributed by atoms with van der Waals surface area (Å²) < 4.78 is 41.1. The van der Waals surface area contributed by atoms with Crippen LogP contribution in [0.5, 0.6) is 5.75 Å². The van der Waals surface area contributed by atoms with Crippen molar-refractivity contribution in [2.45, 2.75) is 40.0 Å². The Morgan fingerprint density at radius 1 is 1.31 bits per heavy atom. The Balaban J connectivity index is 1.43. The first kappa shape index (κ1) is 25.1. The standard InChI is InChI=1S/C25H34N4O5S/c1-16-13-18(10-11-20(16)33-4)25(2,3)24(30)29-12-6-7-17(14-29)15-34-21-9-5-8-19-22(21)23(26)28-35(31,32)27-19/h5,8-11,16-17,27H,6-7,12-15H2,1-4H3,(H2,26,28)/t16?,17-/m0/s1. The number of ether oxygens (including phenoxy) is 2. The third kappa shape index (κ3) is 5.17. The number of nitrogens with zero attached hydrogens (tertiary/aromatic N) is 2. The van der Waals surface area contributed by atoms with E-state index in [1.807, 2.05) is 30.9 Å². The summed E-state index contributed by atoms with van der Waals surface area (Å²) in [6.45, 7) is 7.83. The molecular weight excluding hydrogens is 468 g/mol. The molecule has 1 fully saturated rings. The van der Waals surface area contributed by atoms with E-state index in [2.05, 4.69) is 16.0 Å². The third-order valence-corrected chi connectivity index (χ3v) is 7.97. The van der Waals surface area contributed by atoms with Gasteiger partial charge in [0, 0.05) is 24.9 Å². The van der Waals surface area contributed by atoms with Crippen molar-refractivity contribution in [2.24, 2.45) is 27.4 Å². The summed E-state index contributed by atoms with van der Waals surface area (Å²) in [7, 11) is -2.17. The molecule has 190 valence electrons. The molecule has 4 rings (SSSR count). The van der Waals surface area contributed by atoms with Crippen molar-refractivity contribution >= 4 is 27.6 Å². The Bertz CT molecular complexity index is 1200. The number of hydrogen-bond acceptors (Lipinski definition) is 6. The highest BCUT2D eigenvalue weighted by molar-refractivity contribution is 7.91. The lowest BCUT2D eigenvalue weighted by Crippen LogP contribution is -2.48. The van der Waals surface area contributed by atoms with Crippen molar-refractivity contribution < 1.29 is 22.7 Å². The number of hydrogen-bond donors (Lipinski definition) is 2. The fraction of sp³-hybridized carbons (Fsp3) is 0.520. The first-order valence-electron chi connectivity index (χ1n) is 11.9. The average Bonchev–Trinajstić information content (AvgIpc) is 2.81. The SMILES string of the molecule is COC1=CC=C(C(C)(C)C(=O)N2CCC[C@H](COc3cccc4c3C(N)=NS(=O)(=O)N4)C2)CC1C. The van der Waals surface area contributed by atoms with Gasteiger partial charge >= 0.3 is 10.2 Å². The largest absolute Gasteiger partial charge is 0.501 e. The molecule has 0 bridgehead atoms. The number of methoxy groups -OCH3 is 1. The second-order valence-electron chi connectivity index (χ2n) is 10.00. The van der Waals surface area contributed by atoms with Crippen molar-refractivity contribution in [3.05, 3.63) is 47.2 Å². The molecule has 0 saturated carbocycles. The van der Waals surface area contributed by atoms with Crippen LogP contribution < -0.4 is 15.2 Å². The van der Waals surface area contributed by atoms with E-state index in [9.17, 15) is 13.2 Å². The molecule has 1 aromatic carbocycles. The highest BCUT2D eigenvalue weighted by atomic mass is 32.2. The lowest BCUT2D eigenvalue weighted by atomic mass is 9.75. The second kappa shape index (κ2) is 9.56. The van der Waals surface area contributed by atoms with Crippen LogP contribution in [-0.4, -0.2) is 51.9 Å². The highest BCUT2D eigenvalue weighted by Gasteiger charge is 2.39. The maximum Gasteiger partial charge on any atom is 0.344 e. The molecule has 0 radical (unpaired) electrons. The number of piperidine rings is 1. The first-order chi connectivity index (χ1) is 16.5. The van der Waals surface area contributed by atoms with E-state index in [0.29, 0.717) is 30.2 Å². The number of carbonyl (C=O) groups is 1. The van der Waals surface area contributed by atoms with Gasteiger partial charge in [-0.3, -0.25) is 9.52 Å². The Morgan fingerprint density at radius 2 is 2.09 bits per heavy atom. The summed E-state index contributed by atoms with van der Waals surface area (Å²) in [6.07, 6.45) is 6.64. The molecule has 35 heavy (non-hydrogen) atoms. The van der Waals surface area contributed by atoms with E-state index in [1.165, 1.54) is 0 Å². The van der Waals surface area contributed by atoms with Crippen LogP contribution in [0.2, 0.25) is 0 Å². The monoisotopic (exact) mass is 502 g/mol. The summed E-state index contributed by atoms with van der Waals surface area (Å²) in [5.41, 5.74) is 7.21. The fourth-order valence-corrected chi connectivity index (χ4v) is 5.89. The van der Waals surface area contributed by atoms with E-state index in [0.717, 1.165) is 37.1 Å². The van der Waals surface area contributed by atoms with E-state index >= 15 is 0 Å². The number of benzene rings is 1. The summed E-state index contributed by atoms with van der Waals surface area (Å²) in [5.74, 6) is 1.82. The van der Waals surface area contributed by atoms with Crippen LogP contribution in [0.1, 0.15) is 45.6 Å². The molecular formula is C25H34N4O5S. The van der Waals surface area contributed by atoms with E-state index in [4.69, 9.17) is 15.2 Å². The molecule has 3 N–H and O–H groups in total. The summed E-state index contributed by atoms with van der Waals surface area (Å²) in [6, 6.07) is 5.07. The third-order valence-electron chi connectivity index (χ3n) is 7.05. The van der Waals surface area contributed by atoms with Gasteiger partial charge < -0.3 is 20.1 Å². The molecule has 3 aliphatic rings. The van der Waals surface area contributed by atoms with Gasteiger partial charge in [0.25, 0.3) is 0 Å². The van der Waals surface area contributed by atoms with Gasteiger partial charge in [-0.25, -0.2) is 0 Å². The van der Waals surface area contributed by atoms with E-state index < -0.39 is 15.6 Å². The van der Waals surface area contributed by atoms with Crippen LogP contribution in [0, 0.1) is 17.3 Å². The van der Waals surface area contributed by atoms with Gasteiger partial charge in [0.05, 0.1) is 36.1 Å². The molecule has 9 nitrogen and oxygen atoms in total. The van der Waals surface area contributed by atoms with Crippen LogP contribution in [-0.2, 0) is 19.7 Å². The predicted molar refractivity (Wildman–Crippen MR) is 135 cm³/mol. The zero-order valence-corrected chi connectivity index (χ0v) is 21.5. The fourth-order valence-electron chi connectivity index (χ4n) is 5.04. The number of amidine groups is 1. The number of allylic oxidation sites excluding steroid dienone is 3. The summed E-state index contributed by atoms with van der Waals surface area (Å²) in [4.78, 5) is 15.5. The minimum atomic E-state index is -3.85. The molecule has 2 atom stereocenters. The number of rotatable bonds is 6. The number of fused-ring (bicyclic) bond motifs is 1. The Labute approximate surface area is 207 Å². The Kier molecular flexibility index (Phi) is 6.86. The highest BCUT2D eigenvalue weighted by Crippen LogP contribution is 2.39. The molecule has 1 aromatic rings. The van der Waals surface area contributed by atoms with Crippen LogP contribution in [0.3, 0.4) is 0 Å². The van der Waals surface area contributed by atoms with Crippen molar-refractivity contribution in [3.8, 4) is 5.75 Å². The zero-order valence-electron chi connectivity index (χ0n) is 20.7. The quantitative estimate of drug-likeness (QED) is 0.616. The van der Waals surface area contributed by atoms with Gasteiger partial charge in [-0.15, -0.1) is 4.40 Å². The predicted octanol–water partition coefficient (Wildman–Crippen LogP) is 3.20. The number of likely N-dealkylation sites (tertiary alicyclic amines) is 1. The molecule has 0 aromatic heterocycles. The number of nitrogens with two attached hydrogens (primary N) is 1. The van der Waals surface area contributed by atoms with Crippen molar-refractivity contribution in [2.75, 3.05) is 31.5 Å². The van der Waals surface area contributed by atoms with Gasteiger partial charge in [-0.2, -0.15) is 8.42 Å².